The molecule has 3 aromatic rings. The highest BCUT2D eigenvalue weighted by molar-refractivity contribution is 7.55. The molecular formula is C30H33ClF2NO8PS. The number of nitrogens with one attached hydrogen (secondary N) is 1. The second-order valence-electron chi connectivity index (χ2n) is 11.7. The second kappa shape index (κ2) is 14.3. The van der Waals surface area contributed by atoms with E-state index in [2.05, 4.69) is 5.32 Å². The number of fused-ring (bicyclic) bond motifs is 1. The maximum Gasteiger partial charge on any atom is 0.353 e. The standard InChI is InChI=1S/C30H33ClF2NO8PS/c1-29(2,3)27(36)39-16-41-43(38,42-17-40-28(37)30(4,5)6)25(23-15-44-24-8-7-19(31)13-22(23)24)26(35)34-10-9-18-11-20(32)14-21(33)12-18/h7-15,25H,16-17H2,1-6H3,(H,34,35)/b10-9+. The summed E-state index contributed by atoms with van der Waals surface area (Å²) < 4.78 is 63.9. The van der Waals surface area contributed by atoms with E-state index in [0.29, 0.717) is 21.2 Å². The summed E-state index contributed by atoms with van der Waals surface area (Å²) in [5.41, 5.74) is -3.25. The first kappa shape index (κ1) is 35.3. The van der Waals surface area contributed by atoms with Gasteiger partial charge in [-0.25, -0.2) is 8.78 Å². The number of benzene rings is 2. The Kier molecular flexibility index (Phi) is 11.5. The van der Waals surface area contributed by atoms with Crippen LogP contribution in [0.25, 0.3) is 16.2 Å². The Balaban J connectivity index is 2.03. The normalized spacial score (nSPS) is 13.2. The molecule has 14 heteroatoms. The van der Waals surface area contributed by atoms with Crippen molar-refractivity contribution in [2.75, 3.05) is 13.6 Å². The minimum Gasteiger partial charge on any atom is -0.438 e. The van der Waals surface area contributed by atoms with E-state index >= 15 is 0 Å². The monoisotopic (exact) mass is 671 g/mol. The highest BCUT2D eigenvalue weighted by Gasteiger charge is 2.45. The molecule has 0 aliphatic carbocycles. The molecule has 1 amide bonds. The highest BCUT2D eigenvalue weighted by Crippen LogP contribution is 2.62. The van der Waals surface area contributed by atoms with E-state index in [1.165, 1.54) is 17.4 Å². The Morgan fingerprint density at radius 2 is 1.48 bits per heavy atom. The lowest BCUT2D eigenvalue weighted by atomic mass is 9.98. The van der Waals surface area contributed by atoms with E-state index in [1.54, 1.807) is 65.1 Å². The molecule has 1 heterocycles. The number of thiophene rings is 1. The molecule has 0 saturated carbocycles. The maximum absolute atomic E-state index is 14.5. The van der Waals surface area contributed by atoms with Gasteiger partial charge in [-0.3, -0.25) is 28.0 Å². The lowest BCUT2D eigenvalue weighted by molar-refractivity contribution is -0.162. The number of carbonyl (C=O) groups excluding carboxylic acids is 3. The number of hydrogen-bond donors (Lipinski definition) is 1. The summed E-state index contributed by atoms with van der Waals surface area (Å²) in [5.74, 6) is -3.91. The van der Waals surface area contributed by atoms with Crippen LogP contribution in [0.5, 0.6) is 0 Å². The minimum absolute atomic E-state index is 0.103. The number of rotatable bonds is 11. The zero-order valence-electron chi connectivity index (χ0n) is 24.9. The summed E-state index contributed by atoms with van der Waals surface area (Å²) in [6, 6.07) is 7.71. The van der Waals surface area contributed by atoms with Gasteiger partial charge in [-0.05, 0) is 99.8 Å². The van der Waals surface area contributed by atoms with Crippen molar-refractivity contribution in [2.24, 2.45) is 10.8 Å². The second-order valence-corrected chi connectivity index (χ2v) is 15.1. The molecule has 44 heavy (non-hydrogen) atoms. The van der Waals surface area contributed by atoms with Crippen LogP contribution in [0.2, 0.25) is 5.02 Å². The molecule has 0 spiro atoms. The molecule has 1 aromatic heterocycles. The Morgan fingerprint density at radius 3 is 2.00 bits per heavy atom. The van der Waals surface area contributed by atoms with E-state index in [1.807, 2.05) is 0 Å². The molecular weight excluding hydrogens is 639 g/mol. The number of esters is 2. The third-order valence-electron chi connectivity index (χ3n) is 5.88. The fourth-order valence-corrected chi connectivity index (χ4v) is 6.51. The summed E-state index contributed by atoms with van der Waals surface area (Å²) >= 11 is 7.46. The van der Waals surface area contributed by atoms with Crippen molar-refractivity contribution in [3.8, 4) is 0 Å². The SMILES string of the molecule is CC(C)(C)C(=O)OCOP(=O)(OCOC(=O)C(C)(C)C)C(C(=O)N/C=C/c1cc(F)cc(F)c1)c1csc2ccc(Cl)cc12. The molecule has 1 unspecified atom stereocenters. The number of amides is 1. The predicted octanol–water partition coefficient (Wildman–Crippen LogP) is 7.98. The Labute approximate surface area is 263 Å². The quantitative estimate of drug-likeness (QED) is 0.124. The Bertz CT molecular complexity index is 1560. The summed E-state index contributed by atoms with van der Waals surface area (Å²) in [6.45, 7) is 7.91. The van der Waals surface area contributed by atoms with E-state index in [-0.39, 0.29) is 11.1 Å². The highest BCUT2D eigenvalue weighted by atomic mass is 35.5. The van der Waals surface area contributed by atoms with Crippen LogP contribution >= 0.6 is 30.5 Å². The van der Waals surface area contributed by atoms with E-state index in [0.717, 1.165) is 18.3 Å². The van der Waals surface area contributed by atoms with Gasteiger partial charge in [0.15, 0.2) is 5.66 Å². The van der Waals surface area contributed by atoms with Gasteiger partial charge in [-0.2, -0.15) is 0 Å². The fraction of sp³-hybridized carbons (Fsp3) is 0.367. The first-order valence-corrected chi connectivity index (χ1v) is 16.1. The van der Waals surface area contributed by atoms with E-state index in [9.17, 15) is 27.7 Å². The van der Waals surface area contributed by atoms with Crippen LogP contribution in [0.4, 0.5) is 8.78 Å². The van der Waals surface area contributed by atoms with Crippen molar-refractivity contribution in [3.63, 3.8) is 0 Å². The smallest absolute Gasteiger partial charge is 0.353 e. The fourth-order valence-electron chi connectivity index (χ4n) is 3.58. The summed E-state index contributed by atoms with van der Waals surface area (Å²) in [4.78, 5) is 38.5. The van der Waals surface area contributed by atoms with Gasteiger partial charge in [-0.1, -0.05) is 11.6 Å². The van der Waals surface area contributed by atoms with Crippen molar-refractivity contribution < 1.29 is 46.3 Å². The maximum atomic E-state index is 14.5. The van der Waals surface area contributed by atoms with Gasteiger partial charge < -0.3 is 14.8 Å². The average molecular weight is 672 g/mol. The van der Waals surface area contributed by atoms with Crippen LogP contribution in [-0.4, -0.2) is 31.4 Å². The van der Waals surface area contributed by atoms with Crippen molar-refractivity contribution in [1.82, 2.24) is 5.32 Å². The molecule has 3 rings (SSSR count). The zero-order valence-corrected chi connectivity index (χ0v) is 27.4. The van der Waals surface area contributed by atoms with Gasteiger partial charge in [0, 0.05) is 22.0 Å². The molecule has 238 valence electrons. The number of halogens is 3. The van der Waals surface area contributed by atoms with Crippen LogP contribution in [0.3, 0.4) is 0 Å². The Hall–Kier alpha value is -3.15. The van der Waals surface area contributed by atoms with Crippen LogP contribution in [0.1, 0.15) is 58.3 Å². The van der Waals surface area contributed by atoms with Gasteiger partial charge in [-0.15, -0.1) is 11.3 Å². The molecule has 2 aromatic carbocycles. The lowest BCUT2D eigenvalue weighted by Gasteiger charge is -2.27. The molecule has 1 N–H and O–H groups in total. The molecule has 0 bridgehead atoms. The van der Waals surface area contributed by atoms with Gasteiger partial charge in [0.1, 0.15) is 11.6 Å². The van der Waals surface area contributed by atoms with Crippen LogP contribution in [-0.2, 0) is 37.5 Å². The molecule has 0 aliphatic rings. The first-order valence-electron chi connectivity index (χ1n) is 13.2. The van der Waals surface area contributed by atoms with E-state index in [4.69, 9.17) is 30.1 Å². The summed E-state index contributed by atoms with van der Waals surface area (Å²) in [6.07, 6.45) is 2.33. The van der Waals surface area contributed by atoms with Crippen molar-refractivity contribution >= 4 is 64.5 Å². The number of carbonyl (C=O) groups is 3. The first-order chi connectivity index (χ1) is 20.4. The topological polar surface area (TPSA) is 117 Å². The molecule has 0 fully saturated rings. The van der Waals surface area contributed by atoms with E-state index < -0.39 is 67.2 Å². The van der Waals surface area contributed by atoms with Gasteiger partial charge in [0.05, 0.1) is 10.8 Å². The van der Waals surface area contributed by atoms with Crippen LogP contribution < -0.4 is 5.32 Å². The predicted molar refractivity (Wildman–Crippen MR) is 164 cm³/mol. The third kappa shape index (κ3) is 9.42. The molecule has 9 nitrogen and oxygen atoms in total. The van der Waals surface area contributed by atoms with Crippen LogP contribution in [0.15, 0.2) is 48.0 Å². The third-order valence-corrected chi connectivity index (χ3v) is 9.17. The van der Waals surface area contributed by atoms with Crippen molar-refractivity contribution in [2.45, 2.75) is 47.2 Å². The number of hydrogen-bond acceptors (Lipinski definition) is 9. The summed E-state index contributed by atoms with van der Waals surface area (Å²) in [7, 11) is -4.70. The minimum atomic E-state index is -4.70. The lowest BCUT2D eigenvalue weighted by Crippen LogP contribution is -2.29. The molecule has 1 atom stereocenters. The zero-order chi connectivity index (χ0) is 32.9. The molecule has 0 aliphatic heterocycles. The van der Waals surface area contributed by atoms with Crippen molar-refractivity contribution in [3.05, 3.63) is 75.8 Å². The van der Waals surface area contributed by atoms with Crippen molar-refractivity contribution in [1.29, 1.82) is 0 Å². The molecule has 0 saturated heterocycles. The van der Waals surface area contributed by atoms with Gasteiger partial charge >= 0.3 is 19.5 Å². The average Bonchev–Trinajstić information content (AvgIpc) is 3.29. The molecule has 0 radical (unpaired) electrons. The Morgan fingerprint density at radius 1 is 0.932 bits per heavy atom. The summed E-state index contributed by atoms with van der Waals surface area (Å²) in [5, 5.41) is 4.81. The van der Waals surface area contributed by atoms with Crippen LogP contribution in [0, 0.1) is 22.5 Å². The van der Waals surface area contributed by atoms with Gasteiger partial charge in [0.2, 0.25) is 19.5 Å². The van der Waals surface area contributed by atoms with Gasteiger partial charge in [0.25, 0.3) is 0 Å². The number of ether oxygens (including phenoxy) is 2. The largest absolute Gasteiger partial charge is 0.438 e.